The number of thioether (sulfide) groups is 1. The molecular weight excluding hydrogens is 346 g/mol. The molecular formula is C18H20ClNO3S. The maximum absolute atomic E-state index is 12.0. The van der Waals surface area contributed by atoms with E-state index in [9.17, 15) is 9.90 Å². The van der Waals surface area contributed by atoms with Crippen LogP contribution < -0.4 is 5.73 Å². The summed E-state index contributed by atoms with van der Waals surface area (Å²) in [7, 11) is 0. The minimum Gasteiger partial charge on any atom is -0.460 e. The lowest BCUT2D eigenvalue weighted by Gasteiger charge is -2.22. The van der Waals surface area contributed by atoms with Crippen molar-refractivity contribution in [2.75, 3.05) is 5.75 Å². The van der Waals surface area contributed by atoms with Crippen molar-refractivity contribution in [2.45, 2.75) is 29.0 Å². The molecule has 3 atom stereocenters. The Hall–Kier alpha value is -1.53. The molecule has 0 spiro atoms. The average Bonchev–Trinajstić information content (AvgIpc) is 2.64. The summed E-state index contributed by atoms with van der Waals surface area (Å²) in [5, 5.41) is 8.97. The van der Waals surface area contributed by atoms with Gasteiger partial charge < -0.3 is 15.6 Å². The number of benzene rings is 2. The van der Waals surface area contributed by atoms with Crippen molar-refractivity contribution in [1.29, 1.82) is 0 Å². The molecule has 2 rings (SSSR count). The number of rotatable bonds is 8. The number of ether oxygens (including phenoxy) is 1. The summed E-state index contributed by atoms with van der Waals surface area (Å²) in [4.78, 5) is 13.0. The molecule has 0 heterocycles. The van der Waals surface area contributed by atoms with Crippen LogP contribution in [0.3, 0.4) is 0 Å². The number of hydrogen-bond acceptors (Lipinski definition) is 5. The molecule has 6 heteroatoms. The lowest BCUT2D eigenvalue weighted by molar-refractivity contribution is -0.146. The summed E-state index contributed by atoms with van der Waals surface area (Å²) in [5.74, 6) is -0.228. The first-order chi connectivity index (χ1) is 11.6. The SMILES string of the molecule is NC(CSc1ccccc1)C(O)C(Cl)C(=O)OCc1ccccc1. The highest BCUT2D eigenvalue weighted by Gasteiger charge is 2.30. The van der Waals surface area contributed by atoms with Gasteiger partial charge in [-0.3, -0.25) is 4.79 Å². The molecule has 0 aliphatic carbocycles. The monoisotopic (exact) mass is 365 g/mol. The molecule has 2 aromatic rings. The molecule has 24 heavy (non-hydrogen) atoms. The molecule has 0 radical (unpaired) electrons. The lowest BCUT2D eigenvalue weighted by atomic mass is 10.1. The Labute approximate surface area is 151 Å². The van der Waals surface area contributed by atoms with E-state index < -0.39 is 23.5 Å². The number of carbonyl (C=O) groups excluding carboxylic acids is 1. The van der Waals surface area contributed by atoms with Crippen molar-refractivity contribution in [1.82, 2.24) is 0 Å². The van der Waals surface area contributed by atoms with Crippen LogP contribution in [0.15, 0.2) is 65.6 Å². The minimum atomic E-state index is -1.19. The third-order valence-corrected chi connectivity index (χ3v) is 4.97. The molecule has 4 nitrogen and oxygen atoms in total. The summed E-state index contributed by atoms with van der Waals surface area (Å²) in [6.07, 6.45) is -1.17. The van der Waals surface area contributed by atoms with E-state index in [-0.39, 0.29) is 6.61 Å². The Morgan fingerprint density at radius 2 is 1.71 bits per heavy atom. The van der Waals surface area contributed by atoms with Crippen LogP contribution in [0, 0.1) is 0 Å². The number of alkyl halides is 1. The molecule has 0 amide bonds. The topological polar surface area (TPSA) is 72.5 Å². The lowest BCUT2D eigenvalue weighted by Crippen LogP contribution is -2.46. The largest absolute Gasteiger partial charge is 0.460 e. The highest BCUT2D eigenvalue weighted by Crippen LogP contribution is 2.20. The molecule has 0 aliphatic heterocycles. The number of aliphatic hydroxyl groups excluding tert-OH is 1. The number of hydrogen-bond donors (Lipinski definition) is 2. The van der Waals surface area contributed by atoms with Crippen LogP contribution >= 0.6 is 23.4 Å². The summed E-state index contributed by atoms with van der Waals surface area (Å²) < 4.78 is 5.13. The average molecular weight is 366 g/mol. The van der Waals surface area contributed by atoms with Gasteiger partial charge in [-0.1, -0.05) is 48.5 Å². The molecule has 128 valence electrons. The van der Waals surface area contributed by atoms with Crippen molar-refractivity contribution >= 4 is 29.3 Å². The third-order valence-electron chi connectivity index (χ3n) is 3.37. The standard InChI is InChI=1S/C18H20ClNO3S/c19-16(18(22)23-11-13-7-3-1-4-8-13)17(21)15(20)12-24-14-9-5-2-6-10-14/h1-10,15-17,21H,11-12,20H2. The zero-order valence-corrected chi connectivity index (χ0v) is 14.6. The first-order valence-corrected chi connectivity index (χ1v) is 8.96. The number of esters is 1. The van der Waals surface area contributed by atoms with Crippen LogP contribution in [0.4, 0.5) is 0 Å². The first-order valence-electron chi connectivity index (χ1n) is 7.54. The van der Waals surface area contributed by atoms with E-state index in [2.05, 4.69) is 0 Å². The van der Waals surface area contributed by atoms with Gasteiger partial charge in [0.1, 0.15) is 6.61 Å². The Kier molecular flexibility index (Phi) is 7.59. The predicted molar refractivity (Wildman–Crippen MR) is 97.0 cm³/mol. The van der Waals surface area contributed by atoms with Gasteiger partial charge in [-0.15, -0.1) is 23.4 Å². The predicted octanol–water partition coefficient (Wildman–Crippen LogP) is 2.82. The van der Waals surface area contributed by atoms with Gasteiger partial charge in [0, 0.05) is 16.7 Å². The summed E-state index contributed by atoms with van der Waals surface area (Å²) in [6, 6.07) is 18.3. The number of aliphatic hydroxyl groups is 1. The second-order valence-corrected chi connectivity index (χ2v) is 6.84. The smallest absolute Gasteiger partial charge is 0.327 e. The van der Waals surface area contributed by atoms with Gasteiger partial charge >= 0.3 is 5.97 Å². The Morgan fingerprint density at radius 1 is 1.12 bits per heavy atom. The van der Waals surface area contributed by atoms with Crippen molar-refractivity contribution in [2.24, 2.45) is 5.73 Å². The van der Waals surface area contributed by atoms with E-state index in [1.807, 2.05) is 60.7 Å². The van der Waals surface area contributed by atoms with E-state index in [1.54, 1.807) is 0 Å². The van der Waals surface area contributed by atoms with Crippen molar-refractivity contribution < 1.29 is 14.6 Å². The van der Waals surface area contributed by atoms with E-state index in [0.29, 0.717) is 5.75 Å². The maximum Gasteiger partial charge on any atom is 0.327 e. The van der Waals surface area contributed by atoms with Gasteiger partial charge in [0.05, 0.1) is 6.10 Å². The Bertz CT molecular complexity index is 627. The van der Waals surface area contributed by atoms with Crippen molar-refractivity contribution in [3.63, 3.8) is 0 Å². The van der Waals surface area contributed by atoms with E-state index in [0.717, 1.165) is 10.5 Å². The minimum absolute atomic E-state index is 0.115. The Morgan fingerprint density at radius 3 is 2.33 bits per heavy atom. The van der Waals surface area contributed by atoms with Gasteiger partial charge in [0.2, 0.25) is 0 Å². The fourth-order valence-corrected chi connectivity index (χ4v) is 3.15. The van der Waals surface area contributed by atoms with E-state index >= 15 is 0 Å². The summed E-state index contributed by atoms with van der Waals surface area (Å²) >= 11 is 7.51. The molecule has 0 saturated heterocycles. The van der Waals surface area contributed by atoms with E-state index in [4.69, 9.17) is 22.1 Å². The fraction of sp³-hybridized carbons (Fsp3) is 0.278. The molecule has 0 aliphatic rings. The zero-order valence-electron chi connectivity index (χ0n) is 13.0. The van der Waals surface area contributed by atoms with Gasteiger partial charge in [-0.2, -0.15) is 0 Å². The van der Waals surface area contributed by atoms with Crippen LogP contribution in [-0.4, -0.2) is 34.4 Å². The molecule has 0 bridgehead atoms. The van der Waals surface area contributed by atoms with Gasteiger partial charge in [0.15, 0.2) is 5.38 Å². The van der Waals surface area contributed by atoms with Crippen LogP contribution in [0.5, 0.6) is 0 Å². The van der Waals surface area contributed by atoms with Crippen molar-refractivity contribution in [3.05, 3.63) is 66.2 Å². The summed E-state index contributed by atoms with van der Waals surface area (Å²) in [6.45, 7) is 0.115. The van der Waals surface area contributed by atoms with Crippen molar-refractivity contribution in [3.8, 4) is 0 Å². The molecule has 0 fully saturated rings. The molecule has 0 aromatic heterocycles. The molecule has 0 saturated carbocycles. The van der Waals surface area contributed by atoms with E-state index in [1.165, 1.54) is 11.8 Å². The second-order valence-electron chi connectivity index (χ2n) is 5.27. The highest BCUT2D eigenvalue weighted by molar-refractivity contribution is 7.99. The summed E-state index contributed by atoms with van der Waals surface area (Å²) in [5.41, 5.74) is 6.80. The second kappa shape index (κ2) is 9.69. The Balaban J connectivity index is 1.79. The van der Waals surface area contributed by atoms with Gasteiger partial charge in [-0.25, -0.2) is 0 Å². The zero-order chi connectivity index (χ0) is 17.4. The maximum atomic E-state index is 12.0. The van der Waals surface area contributed by atoms with Crippen LogP contribution in [0.2, 0.25) is 0 Å². The quantitative estimate of drug-likeness (QED) is 0.427. The number of carbonyl (C=O) groups is 1. The number of halogens is 1. The van der Waals surface area contributed by atoms with Crippen LogP contribution in [-0.2, 0) is 16.1 Å². The fourth-order valence-electron chi connectivity index (χ4n) is 1.97. The van der Waals surface area contributed by atoms with Crippen LogP contribution in [0.1, 0.15) is 5.56 Å². The first kappa shape index (κ1) is 18.8. The van der Waals surface area contributed by atoms with Crippen LogP contribution in [0.25, 0.3) is 0 Å². The third kappa shape index (κ3) is 5.83. The normalized spacial score (nSPS) is 14.6. The molecule has 3 unspecified atom stereocenters. The highest BCUT2D eigenvalue weighted by atomic mass is 35.5. The molecule has 2 aromatic carbocycles. The number of nitrogens with two attached hydrogens (primary N) is 1. The molecule has 3 N–H and O–H groups in total. The van der Waals surface area contributed by atoms with Gasteiger partial charge in [0.25, 0.3) is 0 Å². The van der Waals surface area contributed by atoms with Gasteiger partial charge in [-0.05, 0) is 17.7 Å².